The van der Waals surface area contributed by atoms with Crippen molar-refractivity contribution in [2.24, 2.45) is 5.92 Å². The van der Waals surface area contributed by atoms with E-state index >= 15 is 0 Å². The van der Waals surface area contributed by atoms with Crippen LogP contribution in [-0.2, 0) is 9.59 Å². The topological polar surface area (TPSA) is 57.6 Å². The molecule has 1 aliphatic heterocycles. The number of thioether (sulfide) groups is 1. The fourth-order valence-electron chi connectivity index (χ4n) is 2.12. The van der Waals surface area contributed by atoms with Gasteiger partial charge in [-0.3, -0.25) is 9.69 Å². The van der Waals surface area contributed by atoms with Gasteiger partial charge in [-0.1, -0.05) is 50.0 Å². The van der Waals surface area contributed by atoms with Crippen molar-refractivity contribution in [3.05, 3.63) is 40.6 Å². The van der Waals surface area contributed by atoms with Crippen LogP contribution in [0.1, 0.15) is 19.4 Å². The third-order valence-electron chi connectivity index (χ3n) is 3.15. The first-order chi connectivity index (χ1) is 10.3. The summed E-state index contributed by atoms with van der Waals surface area (Å²) >= 11 is 6.21. The van der Waals surface area contributed by atoms with Gasteiger partial charge in [-0.2, -0.15) is 0 Å². The van der Waals surface area contributed by atoms with Gasteiger partial charge in [0, 0.05) is 0 Å². The number of carboxylic acids is 1. The third kappa shape index (κ3) is 3.36. The minimum absolute atomic E-state index is 0.222. The van der Waals surface area contributed by atoms with Crippen molar-refractivity contribution in [1.29, 1.82) is 0 Å². The van der Waals surface area contributed by atoms with E-state index in [1.54, 1.807) is 32.1 Å². The largest absolute Gasteiger partial charge is 0.480 e. The lowest BCUT2D eigenvalue weighted by atomic mass is 10.0. The minimum Gasteiger partial charge on any atom is -0.480 e. The summed E-state index contributed by atoms with van der Waals surface area (Å²) in [6.45, 7) is 3.45. The van der Waals surface area contributed by atoms with E-state index in [1.807, 2.05) is 0 Å². The number of halogens is 1. The molecule has 1 amide bonds. The summed E-state index contributed by atoms with van der Waals surface area (Å²) in [5.74, 6) is -2.16. The van der Waals surface area contributed by atoms with Crippen LogP contribution in [0.25, 0.3) is 6.08 Å². The highest BCUT2D eigenvalue weighted by molar-refractivity contribution is 8.26. The Hall–Kier alpha value is -1.73. The maximum atomic E-state index is 12.9. The van der Waals surface area contributed by atoms with Crippen LogP contribution in [0.4, 0.5) is 4.39 Å². The molecule has 0 aromatic heterocycles. The second kappa shape index (κ2) is 6.58. The standard InChI is InChI=1S/C15H14FNO3S2/c1-8(2)12(14(19)20)17-13(18)11(22-15(17)21)7-9-3-5-10(16)6-4-9/h3-8,12H,1-2H3,(H,19,20)/b11-7+/t12-/m0/s1. The second-order valence-electron chi connectivity index (χ2n) is 5.13. The number of amides is 1. The van der Waals surface area contributed by atoms with E-state index in [4.69, 9.17) is 12.2 Å². The van der Waals surface area contributed by atoms with E-state index in [2.05, 4.69) is 0 Å². The summed E-state index contributed by atoms with van der Waals surface area (Å²) in [5.41, 5.74) is 0.651. The first-order valence-corrected chi connectivity index (χ1v) is 7.79. The number of carboxylic acid groups (broad SMARTS) is 1. The molecule has 0 unspecified atom stereocenters. The van der Waals surface area contributed by atoms with Crippen molar-refractivity contribution in [1.82, 2.24) is 4.90 Å². The zero-order chi connectivity index (χ0) is 16.4. The lowest BCUT2D eigenvalue weighted by Crippen LogP contribution is -2.47. The number of benzene rings is 1. The lowest BCUT2D eigenvalue weighted by molar-refractivity contribution is -0.146. The Labute approximate surface area is 137 Å². The number of thiocarbonyl (C=S) groups is 1. The van der Waals surface area contributed by atoms with E-state index in [0.29, 0.717) is 10.5 Å². The zero-order valence-electron chi connectivity index (χ0n) is 11.9. The van der Waals surface area contributed by atoms with Gasteiger partial charge in [0.2, 0.25) is 0 Å². The van der Waals surface area contributed by atoms with E-state index in [0.717, 1.165) is 16.7 Å². The van der Waals surface area contributed by atoms with Crippen molar-refractivity contribution < 1.29 is 19.1 Å². The van der Waals surface area contributed by atoms with Crippen LogP contribution in [0.15, 0.2) is 29.2 Å². The Morgan fingerprint density at radius 3 is 2.45 bits per heavy atom. The molecule has 0 bridgehead atoms. The third-order valence-corrected chi connectivity index (χ3v) is 4.48. The highest BCUT2D eigenvalue weighted by Gasteiger charge is 2.41. The molecule has 0 saturated carbocycles. The van der Waals surface area contributed by atoms with Gasteiger partial charge in [-0.25, -0.2) is 9.18 Å². The van der Waals surface area contributed by atoms with Crippen LogP contribution in [0, 0.1) is 11.7 Å². The monoisotopic (exact) mass is 339 g/mol. The Balaban J connectivity index is 2.32. The maximum absolute atomic E-state index is 12.9. The van der Waals surface area contributed by atoms with Crippen molar-refractivity contribution in [3.63, 3.8) is 0 Å². The Morgan fingerprint density at radius 2 is 1.95 bits per heavy atom. The molecule has 0 spiro atoms. The molecular formula is C15H14FNO3S2. The maximum Gasteiger partial charge on any atom is 0.327 e. The summed E-state index contributed by atoms with van der Waals surface area (Å²) in [6.07, 6.45) is 1.58. The van der Waals surface area contributed by atoms with Crippen molar-refractivity contribution in [3.8, 4) is 0 Å². The van der Waals surface area contributed by atoms with Gasteiger partial charge >= 0.3 is 5.97 Å². The fraction of sp³-hybridized carbons (Fsp3) is 0.267. The van der Waals surface area contributed by atoms with E-state index < -0.39 is 17.9 Å². The van der Waals surface area contributed by atoms with Gasteiger partial charge < -0.3 is 5.11 Å². The molecule has 22 heavy (non-hydrogen) atoms. The average Bonchev–Trinajstić information content (AvgIpc) is 2.69. The minimum atomic E-state index is -1.09. The molecule has 116 valence electrons. The number of hydrogen-bond acceptors (Lipinski definition) is 4. The molecular weight excluding hydrogens is 325 g/mol. The fourth-order valence-corrected chi connectivity index (χ4v) is 3.45. The Bertz CT molecular complexity index is 655. The molecule has 1 N–H and O–H groups in total. The molecule has 1 fully saturated rings. The quantitative estimate of drug-likeness (QED) is 0.675. The molecule has 1 atom stereocenters. The van der Waals surface area contributed by atoms with Gasteiger partial charge in [0.15, 0.2) is 0 Å². The van der Waals surface area contributed by atoms with Crippen molar-refractivity contribution in [2.45, 2.75) is 19.9 Å². The van der Waals surface area contributed by atoms with Gasteiger partial charge in [-0.05, 0) is 29.7 Å². The van der Waals surface area contributed by atoms with Crippen molar-refractivity contribution in [2.75, 3.05) is 0 Å². The van der Waals surface area contributed by atoms with Crippen LogP contribution in [0.3, 0.4) is 0 Å². The predicted molar refractivity (Wildman–Crippen MR) is 87.7 cm³/mol. The molecule has 1 aromatic carbocycles. The molecule has 1 heterocycles. The van der Waals surface area contributed by atoms with Crippen LogP contribution in [0.5, 0.6) is 0 Å². The first-order valence-electron chi connectivity index (χ1n) is 6.56. The number of carbonyl (C=O) groups is 2. The first kappa shape index (κ1) is 16.6. The zero-order valence-corrected chi connectivity index (χ0v) is 13.6. The number of rotatable bonds is 4. The van der Waals surface area contributed by atoms with E-state index in [-0.39, 0.29) is 16.1 Å². The summed E-state index contributed by atoms with van der Waals surface area (Å²) in [4.78, 5) is 25.3. The molecule has 4 nitrogen and oxygen atoms in total. The number of nitrogens with zero attached hydrogens (tertiary/aromatic N) is 1. The number of carbonyl (C=O) groups excluding carboxylic acids is 1. The van der Waals surface area contributed by atoms with Crippen LogP contribution in [-0.4, -0.2) is 32.2 Å². The van der Waals surface area contributed by atoms with Crippen molar-refractivity contribution >= 4 is 46.3 Å². The smallest absolute Gasteiger partial charge is 0.327 e. The summed E-state index contributed by atoms with van der Waals surface area (Å²) in [7, 11) is 0. The SMILES string of the molecule is CC(C)[C@@H](C(=O)O)N1C(=O)/C(=C\c2ccc(F)cc2)SC1=S. The summed E-state index contributed by atoms with van der Waals surface area (Å²) in [6, 6.07) is 4.67. The Kier molecular flexibility index (Phi) is 4.97. The molecule has 1 aliphatic rings. The van der Waals surface area contributed by atoms with Gasteiger partial charge in [-0.15, -0.1) is 0 Å². The molecule has 7 heteroatoms. The Morgan fingerprint density at radius 1 is 1.36 bits per heavy atom. The van der Waals surface area contributed by atoms with E-state index in [1.165, 1.54) is 12.1 Å². The summed E-state index contributed by atoms with van der Waals surface area (Å²) < 4.78 is 13.1. The number of hydrogen-bond donors (Lipinski definition) is 1. The normalized spacial score (nSPS) is 18.4. The van der Waals surface area contributed by atoms with Crippen LogP contribution >= 0.6 is 24.0 Å². The second-order valence-corrected chi connectivity index (χ2v) is 6.81. The van der Waals surface area contributed by atoms with Gasteiger partial charge in [0.1, 0.15) is 16.2 Å². The van der Waals surface area contributed by atoms with Gasteiger partial charge in [0.25, 0.3) is 5.91 Å². The van der Waals surface area contributed by atoms with Gasteiger partial charge in [0.05, 0.1) is 4.91 Å². The average molecular weight is 339 g/mol. The highest BCUT2D eigenvalue weighted by Crippen LogP contribution is 2.35. The number of aliphatic carboxylic acids is 1. The summed E-state index contributed by atoms with van der Waals surface area (Å²) in [5, 5.41) is 9.32. The molecule has 2 rings (SSSR count). The highest BCUT2D eigenvalue weighted by atomic mass is 32.2. The molecule has 0 radical (unpaired) electrons. The molecule has 0 aliphatic carbocycles. The van der Waals surface area contributed by atoms with E-state index in [9.17, 15) is 19.1 Å². The molecule has 1 aromatic rings. The lowest BCUT2D eigenvalue weighted by Gasteiger charge is -2.26. The predicted octanol–water partition coefficient (Wildman–Crippen LogP) is 3.14. The molecule has 1 saturated heterocycles. The van der Waals surface area contributed by atoms with Crippen LogP contribution in [0.2, 0.25) is 0 Å². The van der Waals surface area contributed by atoms with Crippen LogP contribution < -0.4 is 0 Å².